The van der Waals surface area contributed by atoms with E-state index in [1.165, 1.54) is 23.8 Å². The molecular formula is C20H18FN3O. The second kappa shape index (κ2) is 7.57. The van der Waals surface area contributed by atoms with Crippen LogP contribution in [-0.2, 0) is 11.3 Å². The summed E-state index contributed by atoms with van der Waals surface area (Å²) >= 11 is 0. The Hall–Kier alpha value is -3.21. The van der Waals surface area contributed by atoms with E-state index in [-0.39, 0.29) is 11.7 Å². The molecule has 1 aromatic heterocycles. The monoisotopic (exact) mass is 335 g/mol. The number of carbonyl (C=O) groups is 1. The van der Waals surface area contributed by atoms with E-state index in [9.17, 15) is 9.18 Å². The van der Waals surface area contributed by atoms with Crippen molar-refractivity contribution in [2.45, 2.75) is 13.5 Å². The number of anilines is 1. The van der Waals surface area contributed by atoms with Gasteiger partial charge in [-0.1, -0.05) is 42.0 Å². The third kappa shape index (κ3) is 4.64. The van der Waals surface area contributed by atoms with Crippen molar-refractivity contribution >= 4 is 17.8 Å². The van der Waals surface area contributed by atoms with Crippen molar-refractivity contribution in [3.05, 3.63) is 89.4 Å². The Morgan fingerprint density at radius 3 is 2.56 bits per heavy atom. The fourth-order valence-corrected chi connectivity index (χ4v) is 2.34. The molecule has 0 aliphatic carbocycles. The van der Waals surface area contributed by atoms with Crippen LogP contribution >= 0.6 is 0 Å². The van der Waals surface area contributed by atoms with Crippen LogP contribution in [-0.4, -0.2) is 15.7 Å². The maximum Gasteiger partial charge on any atom is 0.249 e. The number of benzene rings is 2. The predicted octanol–water partition coefficient (Wildman–Crippen LogP) is 4.03. The summed E-state index contributed by atoms with van der Waals surface area (Å²) < 4.78 is 14.6. The zero-order chi connectivity index (χ0) is 17.6. The summed E-state index contributed by atoms with van der Waals surface area (Å²) in [7, 11) is 0. The van der Waals surface area contributed by atoms with E-state index in [2.05, 4.69) is 10.4 Å². The fraction of sp³-hybridized carbons (Fsp3) is 0.100. The largest absolute Gasteiger partial charge is 0.307 e. The Balaban J connectivity index is 1.65. The summed E-state index contributed by atoms with van der Waals surface area (Å²) in [5.41, 5.74) is 3.06. The first kappa shape index (κ1) is 16.6. The minimum atomic E-state index is -0.304. The number of nitrogens with one attached hydrogen (secondary N) is 1. The third-order valence-corrected chi connectivity index (χ3v) is 3.72. The Kier molecular flexibility index (Phi) is 5.04. The summed E-state index contributed by atoms with van der Waals surface area (Å²) in [6, 6.07) is 15.8. The first-order valence-electron chi connectivity index (χ1n) is 7.92. The number of nitrogens with zero attached hydrogens (tertiary/aromatic N) is 2. The molecule has 5 heteroatoms. The van der Waals surface area contributed by atoms with Crippen molar-refractivity contribution in [3.63, 3.8) is 0 Å². The number of hydrogen-bond donors (Lipinski definition) is 1. The molecule has 3 aromatic rings. The number of halogens is 1. The topological polar surface area (TPSA) is 46.9 Å². The number of hydrogen-bond acceptors (Lipinski definition) is 2. The second-order valence-corrected chi connectivity index (χ2v) is 5.73. The van der Waals surface area contributed by atoms with E-state index in [1.807, 2.05) is 31.2 Å². The van der Waals surface area contributed by atoms with Gasteiger partial charge in [-0.25, -0.2) is 9.07 Å². The van der Waals surface area contributed by atoms with Crippen molar-refractivity contribution < 1.29 is 9.18 Å². The molecule has 4 nitrogen and oxygen atoms in total. The number of amides is 1. The standard InChI is InChI=1S/C20H18FN3O/c1-15-2-4-17(5-3-15)14-24-19(12-13-22-24)23-20(25)11-8-16-6-9-18(21)10-7-16/h2-13H,14H2,1H3,(H,23,25). The van der Waals surface area contributed by atoms with Gasteiger partial charge in [0.05, 0.1) is 12.7 Å². The predicted molar refractivity (Wildman–Crippen MR) is 96.6 cm³/mol. The van der Waals surface area contributed by atoms with Gasteiger partial charge in [0.2, 0.25) is 5.91 Å². The number of aromatic nitrogens is 2. The first-order valence-corrected chi connectivity index (χ1v) is 7.92. The molecule has 1 N–H and O–H groups in total. The minimum absolute atomic E-state index is 0.269. The molecule has 1 heterocycles. The van der Waals surface area contributed by atoms with E-state index in [0.29, 0.717) is 12.4 Å². The molecular weight excluding hydrogens is 317 g/mol. The molecule has 0 saturated carbocycles. The highest BCUT2D eigenvalue weighted by atomic mass is 19.1. The van der Waals surface area contributed by atoms with Crippen LogP contribution in [0.1, 0.15) is 16.7 Å². The maximum atomic E-state index is 12.9. The molecule has 25 heavy (non-hydrogen) atoms. The molecule has 2 aromatic carbocycles. The van der Waals surface area contributed by atoms with Gasteiger partial charge in [-0.15, -0.1) is 0 Å². The van der Waals surface area contributed by atoms with Crippen LogP contribution in [0.5, 0.6) is 0 Å². The van der Waals surface area contributed by atoms with Gasteiger partial charge in [-0.2, -0.15) is 5.10 Å². The zero-order valence-corrected chi connectivity index (χ0v) is 13.8. The summed E-state index contributed by atoms with van der Waals surface area (Å²) in [6.45, 7) is 2.61. The normalized spacial score (nSPS) is 11.0. The van der Waals surface area contributed by atoms with Gasteiger partial charge in [0.25, 0.3) is 0 Å². The molecule has 1 amide bonds. The molecule has 0 radical (unpaired) electrons. The number of aryl methyl sites for hydroxylation is 1. The van der Waals surface area contributed by atoms with Crippen molar-refractivity contribution in [1.82, 2.24) is 9.78 Å². The zero-order valence-electron chi connectivity index (χ0n) is 13.8. The number of carbonyl (C=O) groups excluding carboxylic acids is 1. The Bertz CT molecular complexity index is 880. The fourth-order valence-electron chi connectivity index (χ4n) is 2.34. The van der Waals surface area contributed by atoms with Gasteiger partial charge < -0.3 is 5.32 Å². The van der Waals surface area contributed by atoms with Crippen LogP contribution in [0.4, 0.5) is 10.2 Å². The Morgan fingerprint density at radius 2 is 1.84 bits per heavy atom. The van der Waals surface area contributed by atoms with Crippen molar-refractivity contribution in [2.75, 3.05) is 5.32 Å². The van der Waals surface area contributed by atoms with Crippen molar-refractivity contribution in [3.8, 4) is 0 Å². The molecule has 0 unspecified atom stereocenters. The lowest BCUT2D eigenvalue weighted by molar-refractivity contribution is -0.111. The molecule has 0 aliphatic rings. The first-order chi connectivity index (χ1) is 12.1. The van der Waals surface area contributed by atoms with E-state index >= 15 is 0 Å². The van der Waals surface area contributed by atoms with Crippen LogP contribution in [0.15, 0.2) is 66.9 Å². The van der Waals surface area contributed by atoms with E-state index in [1.54, 1.807) is 35.2 Å². The molecule has 0 atom stereocenters. The summed E-state index contributed by atoms with van der Waals surface area (Å²) in [5, 5.41) is 7.06. The Morgan fingerprint density at radius 1 is 1.12 bits per heavy atom. The lowest BCUT2D eigenvalue weighted by atomic mass is 10.1. The van der Waals surface area contributed by atoms with Crippen molar-refractivity contribution in [1.29, 1.82) is 0 Å². The maximum absolute atomic E-state index is 12.9. The lowest BCUT2D eigenvalue weighted by Crippen LogP contribution is -2.13. The molecule has 0 aliphatic heterocycles. The molecule has 0 fully saturated rings. The number of rotatable bonds is 5. The third-order valence-electron chi connectivity index (χ3n) is 3.72. The lowest BCUT2D eigenvalue weighted by Gasteiger charge is -2.08. The van der Waals surface area contributed by atoms with Gasteiger partial charge in [-0.05, 0) is 36.3 Å². The van der Waals surface area contributed by atoms with Gasteiger partial charge in [0.15, 0.2) is 0 Å². The molecule has 0 bridgehead atoms. The van der Waals surface area contributed by atoms with Crippen LogP contribution in [0.2, 0.25) is 0 Å². The molecule has 0 spiro atoms. The van der Waals surface area contributed by atoms with E-state index in [0.717, 1.165) is 11.1 Å². The smallest absolute Gasteiger partial charge is 0.249 e. The summed E-state index contributed by atoms with van der Waals surface area (Å²) in [4.78, 5) is 12.1. The van der Waals surface area contributed by atoms with Crippen LogP contribution < -0.4 is 5.32 Å². The minimum Gasteiger partial charge on any atom is -0.307 e. The van der Waals surface area contributed by atoms with E-state index in [4.69, 9.17) is 0 Å². The van der Waals surface area contributed by atoms with Crippen LogP contribution in [0.3, 0.4) is 0 Å². The molecule has 3 rings (SSSR count). The average molecular weight is 335 g/mol. The quantitative estimate of drug-likeness (QED) is 0.716. The highest BCUT2D eigenvalue weighted by Crippen LogP contribution is 2.12. The van der Waals surface area contributed by atoms with Crippen LogP contribution in [0, 0.1) is 12.7 Å². The van der Waals surface area contributed by atoms with Crippen LogP contribution in [0.25, 0.3) is 6.08 Å². The van der Waals surface area contributed by atoms with Gasteiger partial charge in [-0.3, -0.25) is 4.79 Å². The van der Waals surface area contributed by atoms with Gasteiger partial charge in [0, 0.05) is 12.1 Å². The highest BCUT2D eigenvalue weighted by Gasteiger charge is 2.06. The molecule has 0 saturated heterocycles. The SMILES string of the molecule is Cc1ccc(Cn2nccc2NC(=O)C=Cc2ccc(F)cc2)cc1. The highest BCUT2D eigenvalue weighted by molar-refractivity contribution is 6.01. The summed E-state index contributed by atoms with van der Waals surface area (Å²) in [6.07, 6.45) is 4.69. The van der Waals surface area contributed by atoms with Gasteiger partial charge >= 0.3 is 0 Å². The summed E-state index contributed by atoms with van der Waals surface area (Å²) in [5.74, 6) is 0.0471. The van der Waals surface area contributed by atoms with Gasteiger partial charge in [0.1, 0.15) is 11.6 Å². The van der Waals surface area contributed by atoms with Crippen molar-refractivity contribution in [2.24, 2.45) is 0 Å². The van der Waals surface area contributed by atoms with E-state index < -0.39 is 0 Å². The Labute approximate surface area is 145 Å². The average Bonchev–Trinajstić information content (AvgIpc) is 3.03. The molecule has 126 valence electrons. The second-order valence-electron chi connectivity index (χ2n) is 5.73.